The van der Waals surface area contributed by atoms with Crippen LogP contribution in [-0.4, -0.2) is 50.2 Å². The zero-order chi connectivity index (χ0) is 15.1. The van der Waals surface area contributed by atoms with Gasteiger partial charge in [-0.2, -0.15) is 0 Å². The van der Waals surface area contributed by atoms with E-state index in [-0.39, 0.29) is 11.5 Å². The maximum atomic E-state index is 9.92. The summed E-state index contributed by atoms with van der Waals surface area (Å²) in [5.74, 6) is 0. The molecule has 0 radical (unpaired) electrons. The second-order valence-electron chi connectivity index (χ2n) is 6.32. The summed E-state index contributed by atoms with van der Waals surface area (Å²) in [6.07, 6.45) is 1.95. The van der Waals surface area contributed by atoms with E-state index in [2.05, 4.69) is 36.7 Å². The molecule has 0 spiro atoms. The highest BCUT2D eigenvalue weighted by Gasteiger charge is 2.21. The van der Waals surface area contributed by atoms with E-state index in [9.17, 15) is 5.11 Å². The summed E-state index contributed by atoms with van der Waals surface area (Å²) < 4.78 is 11.0. The summed E-state index contributed by atoms with van der Waals surface area (Å²) in [4.78, 5) is 1.36. The molecule has 120 valence electrons. The van der Waals surface area contributed by atoms with Crippen LogP contribution in [-0.2, 0) is 14.9 Å². The third-order valence-electron chi connectivity index (χ3n) is 3.77. The van der Waals surface area contributed by atoms with Crippen molar-refractivity contribution in [1.29, 1.82) is 0 Å². The van der Waals surface area contributed by atoms with Crippen LogP contribution in [0.25, 0.3) is 0 Å². The molecule has 1 aromatic heterocycles. The van der Waals surface area contributed by atoms with Crippen LogP contribution in [0.2, 0.25) is 0 Å². The van der Waals surface area contributed by atoms with Gasteiger partial charge >= 0.3 is 0 Å². The molecular weight excluding hydrogens is 286 g/mol. The summed E-state index contributed by atoms with van der Waals surface area (Å²) in [6.45, 7) is 7.63. The molecule has 2 rings (SSSR count). The minimum absolute atomic E-state index is 0.0897. The average molecular weight is 313 g/mol. The predicted molar refractivity (Wildman–Crippen MR) is 86.0 cm³/mol. The molecule has 0 bridgehead atoms. The maximum Gasteiger partial charge on any atom is 0.0897 e. The van der Waals surface area contributed by atoms with Crippen LogP contribution in [0.15, 0.2) is 17.5 Å². The van der Waals surface area contributed by atoms with Gasteiger partial charge in [0, 0.05) is 30.0 Å². The van der Waals surface area contributed by atoms with Crippen molar-refractivity contribution in [1.82, 2.24) is 5.32 Å². The summed E-state index contributed by atoms with van der Waals surface area (Å²) in [7, 11) is 0. The second kappa shape index (κ2) is 8.25. The topological polar surface area (TPSA) is 50.7 Å². The van der Waals surface area contributed by atoms with Crippen LogP contribution in [0.5, 0.6) is 0 Å². The fourth-order valence-electron chi connectivity index (χ4n) is 2.47. The molecular formula is C16H27NO3S. The van der Waals surface area contributed by atoms with E-state index in [4.69, 9.17) is 9.47 Å². The third-order valence-corrected chi connectivity index (χ3v) is 5.01. The Hall–Kier alpha value is -0.460. The first kappa shape index (κ1) is 16.9. The van der Waals surface area contributed by atoms with Crippen molar-refractivity contribution in [3.8, 4) is 0 Å². The van der Waals surface area contributed by atoms with Gasteiger partial charge in [0.25, 0.3) is 0 Å². The van der Waals surface area contributed by atoms with E-state index >= 15 is 0 Å². The van der Waals surface area contributed by atoms with Gasteiger partial charge in [-0.3, -0.25) is 0 Å². The molecule has 1 aliphatic heterocycles. The van der Waals surface area contributed by atoms with Gasteiger partial charge in [-0.25, -0.2) is 0 Å². The monoisotopic (exact) mass is 313 g/mol. The Morgan fingerprint density at radius 3 is 3.10 bits per heavy atom. The minimum atomic E-state index is -0.467. The molecule has 21 heavy (non-hydrogen) atoms. The van der Waals surface area contributed by atoms with Gasteiger partial charge in [0.2, 0.25) is 0 Å². The number of aliphatic hydroxyl groups is 1. The SMILES string of the molecule is CC(C)(CNCC(O)COCC1CCCO1)c1cccs1. The maximum absolute atomic E-state index is 9.92. The number of hydrogen-bond donors (Lipinski definition) is 2. The van der Waals surface area contributed by atoms with E-state index in [1.54, 1.807) is 11.3 Å². The lowest BCUT2D eigenvalue weighted by atomic mass is 9.91. The molecule has 1 aromatic rings. The Bertz CT molecular complexity index is 388. The smallest absolute Gasteiger partial charge is 0.0897 e. The molecule has 0 aromatic carbocycles. The van der Waals surface area contributed by atoms with Crippen molar-refractivity contribution in [3.05, 3.63) is 22.4 Å². The zero-order valence-electron chi connectivity index (χ0n) is 13.0. The highest BCUT2D eigenvalue weighted by atomic mass is 32.1. The van der Waals surface area contributed by atoms with E-state index in [1.165, 1.54) is 4.88 Å². The van der Waals surface area contributed by atoms with Crippen LogP contribution in [0.1, 0.15) is 31.6 Å². The quantitative estimate of drug-likeness (QED) is 0.734. The summed E-state index contributed by atoms with van der Waals surface area (Å²) in [5.41, 5.74) is 0.0897. The lowest BCUT2D eigenvalue weighted by Gasteiger charge is -2.24. The lowest BCUT2D eigenvalue weighted by Crippen LogP contribution is -2.38. The van der Waals surface area contributed by atoms with Crippen molar-refractivity contribution in [3.63, 3.8) is 0 Å². The fraction of sp³-hybridized carbons (Fsp3) is 0.750. The Balaban J connectivity index is 1.57. The molecule has 2 heterocycles. The van der Waals surface area contributed by atoms with Crippen molar-refractivity contribution in [2.45, 2.75) is 44.3 Å². The number of thiophene rings is 1. The van der Waals surface area contributed by atoms with Crippen LogP contribution >= 0.6 is 11.3 Å². The summed E-state index contributed by atoms with van der Waals surface area (Å²) in [6, 6.07) is 4.24. The normalized spacial score (nSPS) is 20.8. The number of ether oxygens (including phenoxy) is 2. The van der Waals surface area contributed by atoms with Crippen molar-refractivity contribution in [2.75, 3.05) is 32.9 Å². The van der Waals surface area contributed by atoms with Crippen LogP contribution in [0, 0.1) is 0 Å². The second-order valence-corrected chi connectivity index (χ2v) is 7.27. The van der Waals surface area contributed by atoms with Gasteiger partial charge in [-0.1, -0.05) is 19.9 Å². The van der Waals surface area contributed by atoms with Gasteiger partial charge < -0.3 is 19.9 Å². The van der Waals surface area contributed by atoms with E-state index in [1.807, 2.05) is 0 Å². The molecule has 0 saturated carbocycles. The van der Waals surface area contributed by atoms with E-state index in [0.717, 1.165) is 26.0 Å². The molecule has 1 aliphatic rings. The van der Waals surface area contributed by atoms with Crippen molar-refractivity contribution in [2.24, 2.45) is 0 Å². The Morgan fingerprint density at radius 2 is 2.43 bits per heavy atom. The lowest BCUT2D eigenvalue weighted by molar-refractivity contribution is -0.0165. The van der Waals surface area contributed by atoms with Crippen LogP contribution in [0.3, 0.4) is 0 Å². The van der Waals surface area contributed by atoms with Crippen molar-refractivity contribution < 1.29 is 14.6 Å². The third kappa shape index (κ3) is 5.68. The van der Waals surface area contributed by atoms with E-state index in [0.29, 0.717) is 19.8 Å². The molecule has 1 saturated heterocycles. The Labute approximate surface area is 131 Å². The minimum Gasteiger partial charge on any atom is -0.389 e. The van der Waals surface area contributed by atoms with Gasteiger partial charge in [-0.05, 0) is 24.3 Å². The van der Waals surface area contributed by atoms with Crippen LogP contribution < -0.4 is 5.32 Å². The molecule has 0 amide bonds. The predicted octanol–water partition coefficient (Wildman–Crippen LogP) is 2.17. The fourth-order valence-corrected chi connectivity index (χ4v) is 3.32. The van der Waals surface area contributed by atoms with Crippen LogP contribution in [0.4, 0.5) is 0 Å². The number of hydrogen-bond acceptors (Lipinski definition) is 5. The van der Waals surface area contributed by atoms with Gasteiger partial charge in [0.15, 0.2) is 0 Å². The highest BCUT2D eigenvalue weighted by Crippen LogP contribution is 2.26. The molecule has 4 nitrogen and oxygen atoms in total. The molecule has 2 atom stereocenters. The highest BCUT2D eigenvalue weighted by molar-refractivity contribution is 7.10. The molecule has 1 fully saturated rings. The number of nitrogens with one attached hydrogen (secondary N) is 1. The summed E-state index contributed by atoms with van der Waals surface area (Å²) >= 11 is 1.78. The zero-order valence-corrected chi connectivity index (χ0v) is 13.8. The standard InChI is InChI=1S/C16H27NO3S/c1-16(2,15-6-4-8-21-15)12-17-9-13(18)10-19-11-14-5-3-7-20-14/h4,6,8,13-14,17-18H,3,5,7,9-12H2,1-2H3. The van der Waals surface area contributed by atoms with Gasteiger partial charge in [0.05, 0.1) is 25.4 Å². The molecule has 5 heteroatoms. The summed E-state index contributed by atoms with van der Waals surface area (Å²) in [5, 5.41) is 15.4. The number of rotatable bonds is 9. The van der Waals surface area contributed by atoms with E-state index < -0.39 is 6.10 Å². The first-order chi connectivity index (χ1) is 10.1. The molecule has 2 N–H and O–H groups in total. The average Bonchev–Trinajstić information content (AvgIpc) is 3.12. The Morgan fingerprint density at radius 1 is 1.57 bits per heavy atom. The van der Waals surface area contributed by atoms with Crippen molar-refractivity contribution >= 4 is 11.3 Å². The molecule has 2 unspecified atom stereocenters. The number of aliphatic hydroxyl groups excluding tert-OH is 1. The largest absolute Gasteiger partial charge is 0.389 e. The van der Waals surface area contributed by atoms with Gasteiger partial charge in [0.1, 0.15) is 0 Å². The first-order valence-electron chi connectivity index (χ1n) is 7.70. The van der Waals surface area contributed by atoms with Gasteiger partial charge in [-0.15, -0.1) is 11.3 Å². The molecule has 0 aliphatic carbocycles. The Kier molecular flexibility index (Phi) is 6.64. The first-order valence-corrected chi connectivity index (χ1v) is 8.58.